The van der Waals surface area contributed by atoms with Crippen molar-refractivity contribution >= 4 is 23.3 Å². The fourth-order valence-electron chi connectivity index (χ4n) is 3.22. The molecule has 3 amide bonds. The second-order valence-corrected chi connectivity index (χ2v) is 8.18. The summed E-state index contributed by atoms with van der Waals surface area (Å²) < 4.78 is 65.8. The minimum atomic E-state index is -4.43. The van der Waals surface area contributed by atoms with E-state index in [-0.39, 0.29) is 12.5 Å². The first-order valence-corrected chi connectivity index (χ1v) is 11.0. The van der Waals surface area contributed by atoms with Gasteiger partial charge in [0.05, 0.1) is 11.3 Å². The molecule has 0 atom stereocenters. The van der Waals surface area contributed by atoms with Crippen LogP contribution in [0.2, 0.25) is 0 Å². The number of hydrogen-bond donors (Lipinski definition) is 2. The minimum absolute atomic E-state index is 0.0361. The Morgan fingerprint density at radius 3 is 2.05 bits per heavy atom. The van der Waals surface area contributed by atoms with Gasteiger partial charge in [-0.15, -0.1) is 0 Å². The van der Waals surface area contributed by atoms with Crippen molar-refractivity contribution < 1.29 is 36.4 Å². The Balaban J connectivity index is 1.57. The predicted octanol–water partition coefficient (Wildman–Crippen LogP) is 6.52. The maximum Gasteiger partial charge on any atom is 0.416 e. The van der Waals surface area contributed by atoms with Crippen LogP contribution in [-0.4, -0.2) is 17.6 Å². The highest BCUT2D eigenvalue weighted by atomic mass is 19.4. The number of amides is 3. The van der Waals surface area contributed by atoms with Crippen LogP contribution in [0.15, 0.2) is 71.9 Å². The average Bonchev–Trinajstić information content (AvgIpc) is 2.82. The molecule has 0 heterocycles. The van der Waals surface area contributed by atoms with Crippen LogP contribution < -0.4 is 10.6 Å². The zero-order valence-corrected chi connectivity index (χ0v) is 19.7. The van der Waals surface area contributed by atoms with Gasteiger partial charge in [0.25, 0.3) is 5.91 Å². The van der Waals surface area contributed by atoms with E-state index in [2.05, 4.69) is 10.5 Å². The van der Waals surface area contributed by atoms with Gasteiger partial charge in [0.1, 0.15) is 23.8 Å². The second kappa shape index (κ2) is 11.6. The fourth-order valence-corrected chi connectivity index (χ4v) is 3.22. The molecule has 0 saturated heterocycles. The molecular weight excluding hydrogens is 497 g/mol. The van der Waals surface area contributed by atoms with Gasteiger partial charge in [0.2, 0.25) is 0 Å². The molecule has 0 unspecified atom stereocenters. The highest BCUT2D eigenvalue weighted by Crippen LogP contribution is 2.29. The topological polar surface area (TPSA) is 79.8 Å². The van der Waals surface area contributed by atoms with E-state index in [1.165, 1.54) is 24.3 Å². The van der Waals surface area contributed by atoms with Crippen LogP contribution in [-0.2, 0) is 17.6 Å². The lowest BCUT2D eigenvalue weighted by atomic mass is 9.99. The van der Waals surface area contributed by atoms with E-state index in [1.54, 1.807) is 12.1 Å². The molecule has 2 N–H and O–H groups in total. The number of rotatable bonds is 7. The molecule has 0 aliphatic carbocycles. The Morgan fingerprint density at radius 2 is 1.51 bits per heavy atom. The van der Waals surface area contributed by atoms with E-state index in [4.69, 9.17) is 4.84 Å². The lowest BCUT2D eigenvalue weighted by Gasteiger charge is -2.12. The van der Waals surface area contributed by atoms with E-state index < -0.39 is 40.9 Å². The Labute approximate surface area is 209 Å². The zero-order chi connectivity index (χ0) is 27.2. The number of nitrogens with zero attached hydrogens (tertiary/aromatic N) is 1. The summed E-state index contributed by atoms with van der Waals surface area (Å²) in [5, 5.41) is 8.31. The van der Waals surface area contributed by atoms with Crippen LogP contribution in [0.3, 0.4) is 0 Å². The number of urea groups is 1. The van der Waals surface area contributed by atoms with Gasteiger partial charge in [0, 0.05) is 5.69 Å². The maximum absolute atomic E-state index is 13.7. The third kappa shape index (κ3) is 7.35. The van der Waals surface area contributed by atoms with E-state index in [1.807, 2.05) is 19.2 Å². The molecule has 3 aromatic rings. The zero-order valence-electron chi connectivity index (χ0n) is 19.7. The normalized spacial score (nSPS) is 11.8. The summed E-state index contributed by atoms with van der Waals surface area (Å²) in [5.41, 5.74) is 0.293. The van der Waals surface area contributed by atoms with Crippen LogP contribution in [0.1, 0.15) is 40.9 Å². The summed E-state index contributed by atoms with van der Waals surface area (Å²) in [6, 6.07) is 12.8. The molecular formula is C26H22F5N3O3. The van der Waals surface area contributed by atoms with E-state index >= 15 is 0 Å². The molecule has 0 radical (unpaired) electrons. The molecule has 0 aliphatic heterocycles. The highest BCUT2D eigenvalue weighted by Gasteiger charge is 2.30. The van der Waals surface area contributed by atoms with Crippen LogP contribution in [0.4, 0.5) is 32.4 Å². The van der Waals surface area contributed by atoms with Gasteiger partial charge >= 0.3 is 12.2 Å². The lowest BCUT2D eigenvalue weighted by molar-refractivity contribution is -0.137. The summed E-state index contributed by atoms with van der Waals surface area (Å²) in [7, 11) is 0. The monoisotopic (exact) mass is 519 g/mol. The van der Waals surface area contributed by atoms with Gasteiger partial charge < -0.3 is 10.2 Å². The first kappa shape index (κ1) is 27.3. The van der Waals surface area contributed by atoms with Crippen molar-refractivity contribution in [1.82, 2.24) is 5.32 Å². The van der Waals surface area contributed by atoms with Gasteiger partial charge in [-0.05, 0) is 53.4 Å². The van der Waals surface area contributed by atoms with E-state index in [0.29, 0.717) is 22.5 Å². The number of halogens is 5. The number of carbonyl (C=O) groups excluding carboxylic acids is 2. The van der Waals surface area contributed by atoms with Crippen molar-refractivity contribution in [1.29, 1.82) is 0 Å². The summed E-state index contributed by atoms with van der Waals surface area (Å²) >= 11 is 0. The number of oxime groups is 1. The Kier molecular flexibility index (Phi) is 8.59. The standard InChI is InChI=1S/C26H22F5N3O3/c1-15(2)23(17-8-10-18(11-9-17)26(29,30)31)34-37-14-16-6-12-19(13-7-16)32-25(36)33-24(35)22-20(27)4-3-5-21(22)28/h3-13,15H,14H2,1-2H3,(H2,32,33,35,36)/b34-23-. The SMILES string of the molecule is CC(C)/C(=N/OCc1ccc(NC(=O)NC(=O)c2c(F)cccc2F)cc1)c1ccc(C(F)(F)F)cc1. The molecule has 0 bridgehead atoms. The molecule has 3 rings (SSSR count). The number of alkyl halides is 3. The molecule has 3 aromatic carbocycles. The largest absolute Gasteiger partial charge is 0.416 e. The number of benzene rings is 3. The predicted molar refractivity (Wildman–Crippen MR) is 127 cm³/mol. The second-order valence-electron chi connectivity index (χ2n) is 8.18. The van der Waals surface area contributed by atoms with Crippen molar-refractivity contribution in [3.8, 4) is 0 Å². The van der Waals surface area contributed by atoms with Crippen molar-refractivity contribution in [2.24, 2.45) is 11.1 Å². The number of hydrogen-bond acceptors (Lipinski definition) is 4. The Morgan fingerprint density at radius 1 is 0.919 bits per heavy atom. The summed E-state index contributed by atoms with van der Waals surface area (Å²) in [4.78, 5) is 29.4. The molecule has 11 heteroatoms. The summed E-state index contributed by atoms with van der Waals surface area (Å²) in [6.45, 7) is 3.70. The number of nitrogens with one attached hydrogen (secondary N) is 2. The first-order valence-electron chi connectivity index (χ1n) is 11.0. The highest BCUT2D eigenvalue weighted by molar-refractivity contribution is 6.08. The first-order chi connectivity index (χ1) is 17.5. The van der Waals surface area contributed by atoms with Gasteiger partial charge in [-0.1, -0.05) is 49.3 Å². The van der Waals surface area contributed by atoms with Crippen molar-refractivity contribution in [2.45, 2.75) is 26.6 Å². The molecule has 0 aliphatic rings. The minimum Gasteiger partial charge on any atom is -0.391 e. The Bertz CT molecular complexity index is 1270. The smallest absolute Gasteiger partial charge is 0.391 e. The van der Waals surface area contributed by atoms with Gasteiger partial charge in [-0.3, -0.25) is 10.1 Å². The number of imide groups is 1. The number of anilines is 1. The third-order valence-corrected chi connectivity index (χ3v) is 5.08. The molecule has 0 aromatic heterocycles. The molecule has 6 nitrogen and oxygen atoms in total. The molecule has 37 heavy (non-hydrogen) atoms. The molecule has 0 saturated carbocycles. The van der Waals surface area contributed by atoms with E-state index in [9.17, 15) is 31.5 Å². The van der Waals surface area contributed by atoms with Crippen molar-refractivity contribution in [2.75, 3.05) is 5.32 Å². The van der Waals surface area contributed by atoms with E-state index in [0.717, 1.165) is 30.3 Å². The van der Waals surface area contributed by atoms with Gasteiger partial charge in [0.15, 0.2) is 0 Å². The van der Waals surface area contributed by atoms with Crippen LogP contribution in [0, 0.1) is 17.6 Å². The van der Waals surface area contributed by atoms with Crippen LogP contribution in [0.25, 0.3) is 0 Å². The lowest BCUT2D eigenvalue weighted by Crippen LogP contribution is -2.35. The molecule has 194 valence electrons. The maximum atomic E-state index is 13.7. The quantitative estimate of drug-likeness (QED) is 0.212. The van der Waals surface area contributed by atoms with Crippen LogP contribution >= 0.6 is 0 Å². The molecule has 0 spiro atoms. The summed E-state index contributed by atoms with van der Waals surface area (Å²) in [6.07, 6.45) is -4.43. The molecule has 0 fully saturated rings. The fraction of sp³-hybridized carbons (Fsp3) is 0.192. The van der Waals surface area contributed by atoms with Gasteiger partial charge in [-0.25, -0.2) is 13.6 Å². The van der Waals surface area contributed by atoms with Crippen molar-refractivity contribution in [3.05, 3.63) is 101 Å². The Hall–Kier alpha value is -4.28. The third-order valence-electron chi connectivity index (χ3n) is 5.08. The van der Waals surface area contributed by atoms with Crippen LogP contribution in [0.5, 0.6) is 0 Å². The van der Waals surface area contributed by atoms with Crippen molar-refractivity contribution in [3.63, 3.8) is 0 Å². The number of carbonyl (C=O) groups is 2. The van der Waals surface area contributed by atoms with Gasteiger partial charge in [-0.2, -0.15) is 13.2 Å². The summed E-state index contributed by atoms with van der Waals surface area (Å²) in [5.74, 6) is -3.56. The average molecular weight is 519 g/mol.